The van der Waals surface area contributed by atoms with Gasteiger partial charge in [0.25, 0.3) is 0 Å². The standard InChI is InChI=1S/C20H18F3N3O4/c1-10-8-11(20(21,22)23)9-24-16(10)30-12-4-6-19(7-5-12)15-13(26-18(19)29)2-3-14(25-15)17(27)28/h2-3,8-9,12H,4-7H2,1H3,(H,26,29)(H,27,28)/t12-,19+. The lowest BCUT2D eigenvalue weighted by molar-refractivity contribution is -0.137. The number of ether oxygens (including phenoxy) is 1. The molecule has 2 aromatic rings. The number of carbonyl (C=O) groups is 2. The van der Waals surface area contributed by atoms with Gasteiger partial charge in [0.2, 0.25) is 11.8 Å². The second-order valence-electron chi connectivity index (χ2n) is 7.60. The minimum atomic E-state index is -4.47. The largest absolute Gasteiger partial charge is 0.477 e. The summed E-state index contributed by atoms with van der Waals surface area (Å²) >= 11 is 0. The zero-order valence-electron chi connectivity index (χ0n) is 15.9. The van der Waals surface area contributed by atoms with Crippen molar-refractivity contribution in [2.75, 3.05) is 5.32 Å². The number of halogens is 3. The first kappa shape index (κ1) is 20.1. The molecule has 0 radical (unpaired) electrons. The second-order valence-corrected chi connectivity index (χ2v) is 7.60. The van der Waals surface area contributed by atoms with Gasteiger partial charge in [0.1, 0.15) is 11.8 Å². The van der Waals surface area contributed by atoms with Crippen LogP contribution in [0.3, 0.4) is 0 Å². The summed E-state index contributed by atoms with van der Waals surface area (Å²) in [6.45, 7) is 1.50. The lowest BCUT2D eigenvalue weighted by atomic mass is 9.71. The van der Waals surface area contributed by atoms with Crippen molar-refractivity contribution >= 4 is 17.6 Å². The number of amides is 1. The van der Waals surface area contributed by atoms with Crippen LogP contribution >= 0.6 is 0 Å². The lowest BCUT2D eigenvalue weighted by Crippen LogP contribution is -2.41. The third-order valence-corrected chi connectivity index (χ3v) is 5.67. The fraction of sp³-hybridized carbons (Fsp3) is 0.400. The van der Waals surface area contributed by atoms with E-state index in [-0.39, 0.29) is 29.1 Å². The summed E-state index contributed by atoms with van der Waals surface area (Å²) in [4.78, 5) is 31.9. The average molecular weight is 421 g/mol. The Morgan fingerprint density at radius 2 is 2.00 bits per heavy atom. The number of anilines is 1. The van der Waals surface area contributed by atoms with Gasteiger partial charge < -0.3 is 15.2 Å². The Kier molecular flexibility index (Phi) is 4.67. The van der Waals surface area contributed by atoms with Crippen LogP contribution in [-0.2, 0) is 16.4 Å². The van der Waals surface area contributed by atoms with E-state index in [9.17, 15) is 27.9 Å². The zero-order valence-corrected chi connectivity index (χ0v) is 15.9. The number of pyridine rings is 2. The minimum absolute atomic E-state index is 0.131. The summed E-state index contributed by atoms with van der Waals surface area (Å²) < 4.78 is 44.2. The van der Waals surface area contributed by atoms with Gasteiger partial charge in [-0.15, -0.1) is 0 Å². The summed E-state index contributed by atoms with van der Waals surface area (Å²) in [5.74, 6) is -1.27. The Balaban J connectivity index is 1.51. The predicted molar refractivity (Wildman–Crippen MR) is 98.4 cm³/mol. The molecule has 30 heavy (non-hydrogen) atoms. The summed E-state index contributed by atoms with van der Waals surface area (Å²) in [5.41, 5.74) is -0.688. The normalized spacial score (nSPS) is 23.2. The van der Waals surface area contributed by atoms with Crippen LogP contribution in [-0.4, -0.2) is 33.1 Å². The maximum Gasteiger partial charge on any atom is 0.417 e. The molecule has 1 aliphatic heterocycles. The van der Waals surface area contributed by atoms with E-state index in [4.69, 9.17) is 4.74 Å². The van der Waals surface area contributed by atoms with Crippen LogP contribution in [0, 0.1) is 6.92 Å². The number of hydrogen-bond donors (Lipinski definition) is 2. The molecule has 0 unspecified atom stereocenters. The Hall–Kier alpha value is -3.17. The number of hydrogen-bond acceptors (Lipinski definition) is 5. The number of rotatable bonds is 3. The first-order valence-corrected chi connectivity index (χ1v) is 9.37. The van der Waals surface area contributed by atoms with E-state index in [1.807, 2.05) is 0 Å². The monoisotopic (exact) mass is 421 g/mol. The van der Waals surface area contributed by atoms with E-state index < -0.39 is 23.1 Å². The molecule has 1 spiro atoms. The molecule has 0 saturated heterocycles. The van der Waals surface area contributed by atoms with E-state index in [0.29, 0.717) is 37.1 Å². The number of fused-ring (bicyclic) bond motifs is 2. The molecule has 4 rings (SSSR count). The Bertz CT molecular complexity index is 1030. The highest BCUT2D eigenvalue weighted by Crippen LogP contribution is 2.47. The van der Waals surface area contributed by atoms with Crippen molar-refractivity contribution in [2.24, 2.45) is 0 Å². The number of aromatic carboxylic acids is 1. The molecule has 1 aliphatic carbocycles. The fourth-order valence-electron chi connectivity index (χ4n) is 4.06. The molecule has 2 aliphatic rings. The molecular formula is C20H18F3N3O4. The summed E-state index contributed by atoms with van der Waals surface area (Å²) in [6, 6.07) is 3.87. The molecule has 3 heterocycles. The quantitative estimate of drug-likeness (QED) is 0.784. The molecule has 1 amide bonds. The molecule has 0 bridgehead atoms. The average Bonchev–Trinajstić information content (AvgIpc) is 2.95. The molecule has 1 fully saturated rings. The van der Waals surface area contributed by atoms with Crippen molar-refractivity contribution < 1.29 is 32.6 Å². The van der Waals surface area contributed by atoms with Gasteiger partial charge in [-0.25, -0.2) is 14.8 Å². The van der Waals surface area contributed by atoms with Gasteiger partial charge in [-0.2, -0.15) is 13.2 Å². The Morgan fingerprint density at radius 3 is 2.60 bits per heavy atom. The molecule has 2 N–H and O–H groups in total. The zero-order chi connectivity index (χ0) is 21.7. The van der Waals surface area contributed by atoms with E-state index in [0.717, 1.165) is 12.3 Å². The van der Waals surface area contributed by atoms with Gasteiger partial charge in [-0.3, -0.25) is 4.79 Å². The molecule has 0 aromatic carbocycles. The first-order valence-electron chi connectivity index (χ1n) is 9.37. The molecule has 2 aromatic heterocycles. The van der Waals surface area contributed by atoms with Gasteiger partial charge in [0, 0.05) is 11.8 Å². The van der Waals surface area contributed by atoms with E-state index in [2.05, 4.69) is 15.3 Å². The topological polar surface area (TPSA) is 101 Å². The van der Waals surface area contributed by atoms with Crippen LogP contribution in [0.5, 0.6) is 5.88 Å². The van der Waals surface area contributed by atoms with Crippen molar-refractivity contribution in [3.8, 4) is 5.88 Å². The van der Waals surface area contributed by atoms with Crippen molar-refractivity contribution in [1.29, 1.82) is 0 Å². The third kappa shape index (κ3) is 3.35. The lowest BCUT2D eigenvalue weighted by Gasteiger charge is -2.35. The summed E-state index contributed by atoms with van der Waals surface area (Å²) in [7, 11) is 0. The van der Waals surface area contributed by atoms with Gasteiger partial charge in [0.05, 0.1) is 22.4 Å². The van der Waals surface area contributed by atoms with E-state index >= 15 is 0 Å². The number of aromatic nitrogens is 2. The molecule has 0 atom stereocenters. The smallest absolute Gasteiger partial charge is 0.417 e. The maximum absolute atomic E-state index is 12.8. The van der Waals surface area contributed by atoms with Crippen molar-refractivity contribution in [3.05, 3.63) is 46.9 Å². The molecule has 7 nitrogen and oxygen atoms in total. The van der Waals surface area contributed by atoms with Crippen LogP contribution in [0.25, 0.3) is 0 Å². The molecule has 1 saturated carbocycles. The van der Waals surface area contributed by atoms with Gasteiger partial charge >= 0.3 is 12.1 Å². The van der Waals surface area contributed by atoms with Crippen LogP contribution in [0.15, 0.2) is 24.4 Å². The maximum atomic E-state index is 12.8. The van der Waals surface area contributed by atoms with Gasteiger partial charge in [0.15, 0.2) is 0 Å². The second kappa shape index (κ2) is 6.96. The van der Waals surface area contributed by atoms with Crippen LogP contribution < -0.4 is 10.1 Å². The van der Waals surface area contributed by atoms with Crippen LogP contribution in [0.1, 0.15) is 53.0 Å². The van der Waals surface area contributed by atoms with Crippen molar-refractivity contribution in [3.63, 3.8) is 0 Å². The Labute approximate surface area is 169 Å². The molecule has 158 valence electrons. The number of nitrogens with one attached hydrogen (secondary N) is 1. The molecular weight excluding hydrogens is 403 g/mol. The minimum Gasteiger partial charge on any atom is -0.477 e. The summed E-state index contributed by atoms with van der Waals surface area (Å²) in [6.07, 6.45) is -2.39. The Morgan fingerprint density at radius 1 is 1.30 bits per heavy atom. The number of carboxylic acids is 1. The van der Waals surface area contributed by atoms with E-state index in [1.165, 1.54) is 19.1 Å². The van der Waals surface area contributed by atoms with Crippen molar-refractivity contribution in [1.82, 2.24) is 9.97 Å². The van der Waals surface area contributed by atoms with Crippen molar-refractivity contribution in [2.45, 2.75) is 50.3 Å². The van der Waals surface area contributed by atoms with Gasteiger partial charge in [-0.05, 0) is 50.8 Å². The highest BCUT2D eigenvalue weighted by molar-refractivity contribution is 6.06. The number of aryl methyl sites for hydroxylation is 1. The predicted octanol–water partition coefficient (Wildman–Crippen LogP) is 3.71. The SMILES string of the molecule is Cc1cc(C(F)(F)F)cnc1O[C@H]1CC[C@]2(CC1)C(=O)Nc1ccc(C(=O)O)nc12. The van der Waals surface area contributed by atoms with Gasteiger partial charge in [-0.1, -0.05) is 0 Å². The van der Waals surface area contributed by atoms with E-state index in [1.54, 1.807) is 0 Å². The number of alkyl halides is 3. The fourth-order valence-corrected chi connectivity index (χ4v) is 4.06. The third-order valence-electron chi connectivity index (χ3n) is 5.67. The molecule has 10 heteroatoms. The van der Waals surface area contributed by atoms with Crippen LogP contribution in [0.4, 0.5) is 18.9 Å². The first-order chi connectivity index (χ1) is 14.1. The highest BCUT2D eigenvalue weighted by Gasteiger charge is 2.50. The number of carboxylic acid groups (broad SMARTS) is 1. The highest BCUT2D eigenvalue weighted by atomic mass is 19.4. The van der Waals surface area contributed by atoms with Crippen LogP contribution in [0.2, 0.25) is 0 Å². The summed E-state index contributed by atoms with van der Waals surface area (Å²) in [5, 5.41) is 12.0. The number of nitrogens with zero attached hydrogens (tertiary/aromatic N) is 2. The number of carbonyl (C=O) groups excluding carboxylic acids is 1.